The van der Waals surface area contributed by atoms with Crippen LogP contribution in [-0.2, 0) is 16.6 Å². The summed E-state index contributed by atoms with van der Waals surface area (Å²) in [7, 11) is 0. The summed E-state index contributed by atoms with van der Waals surface area (Å²) in [5.41, 5.74) is 3.74. The van der Waals surface area contributed by atoms with Gasteiger partial charge in [0.25, 0.3) is 0 Å². The standard InChI is InChI=1S/C19H17FN2O/c1-19(12-23)8-2-3-13-10-18-14(9-17(13)19)11-21-22(18)16-6-4-15(20)5-7-16/h4-7,9-12H,2-3,8H2,1H3/t19-/m1/s1. The number of aromatic nitrogens is 2. The molecule has 116 valence electrons. The number of aldehydes is 1. The lowest BCUT2D eigenvalue weighted by Gasteiger charge is -2.31. The number of hydrogen-bond acceptors (Lipinski definition) is 2. The van der Waals surface area contributed by atoms with Crippen LogP contribution in [0.2, 0.25) is 0 Å². The Bertz CT molecular complexity index is 898. The summed E-state index contributed by atoms with van der Waals surface area (Å²) in [6, 6.07) is 10.5. The maximum Gasteiger partial charge on any atom is 0.130 e. The molecule has 3 aromatic rings. The van der Waals surface area contributed by atoms with Gasteiger partial charge in [-0.2, -0.15) is 5.10 Å². The number of carbonyl (C=O) groups is 1. The highest BCUT2D eigenvalue weighted by Gasteiger charge is 2.32. The molecule has 0 spiro atoms. The molecule has 1 aliphatic carbocycles. The van der Waals surface area contributed by atoms with Gasteiger partial charge in [-0.3, -0.25) is 0 Å². The minimum Gasteiger partial charge on any atom is -0.302 e. The topological polar surface area (TPSA) is 34.9 Å². The van der Waals surface area contributed by atoms with Gasteiger partial charge in [-0.25, -0.2) is 9.07 Å². The number of carbonyl (C=O) groups excluding carboxylic acids is 1. The molecule has 23 heavy (non-hydrogen) atoms. The fourth-order valence-electron chi connectivity index (χ4n) is 3.55. The first kappa shape index (κ1) is 14.1. The summed E-state index contributed by atoms with van der Waals surface area (Å²) in [6.45, 7) is 2.01. The van der Waals surface area contributed by atoms with Crippen LogP contribution in [0.25, 0.3) is 16.6 Å². The lowest BCUT2D eigenvalue weighted by Crippen LogP contribution is -2.29. The number of nitrogens with zero attached hydrogens (tertiary/aromatic N) is 2. The van der Waals surface area contributed by atoms with Gasteiger partial charge in [0.1, 0.15) is 12.1 Å². The van der Waals surface area contributed by atoms with Gasteiger partial charge in [-0.1, -0.05) is 0 Å². The van der Waals surface area contributed by atoms with E-state index in [1.807, 2.05) is 11.6 Å². The number of rotatable bonds is 2. The predicted molar refractivity (Wildman–Crippen MR) is 87.4 cm³/mol. The third-order valence-corrected chi connectivity index (χ3v) is 4.88. The molecule has 0 saturated heterocycles. The molecular weight excluding hydrogens is 291 g/mol. The maximum atomic E-state index is 13.1. The molecule has 0 amide bonds. The Kier molecular flexibility index (Phi) is 3.08. The molecule has 0 saturated carbocycles. The predicted octanol–water partition coefficient (Wildman–Crippen LogP) is 3.96. The average Bonchev–Trinajstić information content (AvgIpc) is 2.97. The summed E-state index contributed by atoms with van der Waals surface area (Å²) in [5, 5.41) is 5.45. The van der Waals surface area contributed by atoms with Crippen LogP contribution in [0.4, 0.5) is 4.39 Å². The van der Waals surface area contributed by atoms with Crippen molar-refractivity contribution in [3.05, 3.63) is 59.5 Å². The van der Waals surface area contributed by atoms with Gasteiger partial charge in [0.15, 0.2) is 0 Å². The van der Waals surface area contributed by atoms with E-state index in [0.717, 1.165) is 47.7 Å². The minimum atomic E-state index is -0.403. The Morgan fingerprint density at radius 3 is 2.78 bits per heavy atom. The third kappa shape index (κ3) is 2.17. The summed E-state index contributed by atoms with van der Waals surface area (Å²) in [5.74, 6) is -0.260. The molecule has 2 aromatic carbocycles. The van der Waals surface area contributed by atoms with Crippen molar-refractivity contribution in [2.45, 2.75) is 31.6 Å². The fourth-order valence-corrected chi connectivity index (χ4v) is 3.55. The SMILES string of the molecule is C[C@]1(C=O)CCCc2cc3c(cnn3-c3ccc(F)cc3)cc21. The Hall–Kier alpha value is -2.49. The normalized spacial score (nSPS) is 20.4. The van der Waals surface area contributed by atoms with E-state index >= 15 is 0 Å². The Morgan fingerprint density at radius 1 is 1.26 bits per heavy atom. The van der Waals surface area contributed by atoms with Crippen LogP contribution >= 0.6 is 0 Å². The van der Waals surface area contributed by atoms with E-state index in [0.29, 0.717) is 0 Å². The quantitative estimate of drug-likeness (QED) is 0.672. The summed E-state index contributed by atoms with van der Waals surface area (Å²) in [6.07, 6.45) is 5.75. The van der Waals surface area contributed by atoms with Gasteiger partial charge in [0, 0.05) is 10.8 Å². The maximum absolute atomic E-state index is 13.1. The molecule has 4 heteroatoms. The largest absolute Gasteiger partial charge is 0.302 e. The van der Waals surface area contributed by atoms with Gasteiger partial charge >= 0.3 is 0 Å². The van der Waals surface area contributed by atoms with Crippen LogP contribution in [0.5, 0.6) is 0 Å². The molecule has 0 N–H and O–H groups in total. The average molecular weight is 308 g/mol. The lowest BCUT2D eigenvalue weighted by atomic mass is 9.72. The second kappa shape index (κ2) is 5.01. The van der Waals surface area contributed by atoms with E-state index in [1.165, 1.54) is 17.7 Å². The van der Waals surface area contributed by atoms with Crippen molar-refractivity contribution < 1.29 is 9.18 Å². The molecule has 0 fully saturated rings. The zero-order valence-electron chi connectivity index (χ0n) is 12.9. The number of aryl methyl sites for hydroxylation is 1. The van der Waals surface area contributed by atoms with Gasteiger partial charge in [0.2, 0.25) is 0 Å². The molecule has 1 atom stereocenters. The summed E-state index contributed by atoms with van der Waals surface area (Å²) in [4.78, 5) is 11.6. The molecular formula is C19H17FN2O. The molecule has 1 heterocycles. The van der Waals surface area contributed by atoms with Crippen molar-refractivity contribution in [3.63, 3.8) is 0 Å². The van der Waals surface area contributed by atoms with Crippen molar-refractivity contribution in [2.24, 2.45) is 0 Å². The Labute approximate surface area is 133 Å². The zero-order chi connectivity index (χ0) is 16.0. The third-order valence-electron chi connectivity index (χ3n) is 4.88. The van der Waals surface area contributed by atoms with Gasteiger partial charge in [-0.05, 0) is 73.7 Å². The lowest BCUT2D eigenvalue weighted by molar-refractivity contribution is -0.112. The number of halogens is 1. The smallest absolute Gasteiger partial charge is 0.130 e. The second-order valence-electron chi connectivity index (χ2n) is 6.49. The number of fused-ring (bicyclic) bond motifs is 2. The zero-order valence-corrected chi connectivity index (χ0v) is 12.9. The van der Waals surface area contributed by atoms with Crippen LogP contribution < -0.4 is 0 Å². The fraction of sp³-hybridized carbons (Fsp3) is 0.263. The van der Waals surface area contributed by atoms with Crippen molar-refractivity contribution >= 4 is 17.2 Å². The van der Waals surface area contributed by atoms with Crippen LogP contribution in [0.3, 0.4) is 0 Å². The molecule has 3 nitrogen and oxygen atoms in total. The van der Waals surface area contributed by atoms with E-state index in [4.69, 9.17) is 0 Å². The highest BCUT2D eigenvalue weighted by atomic mass is 19.1. The molecule has 0 bridgehead atoms. The van der Waals surface area contributed by atoms with Crippen molar-refractivity contribution in [1.82, 2.24) is 9.78 Å². The monoisotopic (exact) mass is 308 g/mol. The van der Waals surface area contributed by atoms with E-state index in [1.54, 1.807) is 18.3 Å². The van der Waals surface area contributed by atoms with Crippen molar-refractivity contribution in [2.75, 3.05) is 0 Å². The van der Waals surface area contributed by atoms with Gasteiger partial charge in [0.05, 0.1) is 17.4 Å². The highest BCUT2D eigenvalue weighted by Crippen LogP contribution is 2.38. The van der Waals surface area contributed by atoms with E-state index < -0.39 is 5.41 Å². The molecule has 4 rings (SSSR count). The molecule has 1 aromatic heterocycles. The van der Waals surface area contributed by atoms with Crippen molar-refractivity contribution in [3.8, 4) is 5.69 Å². The number of benzene rings is 2. The van der Waals surface area contributed by atoms with Crippen LogP contribution in [0, 0.1) is 5.82 Å². The molecule has 0 unspecified atom stereocenters. The highest BCUT2D eigenvalue weighted by molar-refractivity contribution is 5.84. The second-order valence-corrected chi connectivity index (χ2v) is 6.49. The summed E-state index contributed by atoms with van der Waals surface area (Å²) < 4.78 is 15.0. The molecule has 0 aliphatic heterocycles. The summed E-state index contributed by atoms with van der Waals surface area (Å²) >= 11 is 0. The first-order valence-corrected chi connectivity index (χ1v) is 7.84. The Balaban J connectivity index is 1.91. The van der Waals surface area contributed by atoms with E-state index in [2.05, 4.69) is 17.2 Å². The van der Waals surface area contributed by atoms with Crippen molar-refractivity contribution in [1.29, 1.82) is 0 Å². The molecule has 1 aliphatic rings. The van der Waals surface area contributed by atoms with Gasteiger partial charge < -0.3 is 4.79 Å². The molecule has 0 radical (unpaired) electrons. The minimum absolute atomic E-state index is 0.260. The Morgan fingerprint density at radius 2 is 2.04 bits per heavy atom. The van der Waals surface area contributed by atoms with Crippen LogP contribution in [-0.4, -0.2) is 16.1 Å². The van der Waals surface area contributed by atoms with Crippen LogP contribution in [0.15, 0.2) is 42.6 Å². The first-order valence-electron chi connectivity index (χ1n) is 7.84. The van der Waals surface area contributed by atoms with E-state index in [-0.39, 0.29) is 5.82 Å². The first-order chi connectivity index (χ1) is 11.1. The van der Waals surface area contributed by atoms with E-state index in [9.17, 15) is 9.18 Å². The van der Waals surface area contributed by atoms with Gasteiger partial charge in [-0.15, -0.1) is 0 Å². The van der Waals surface area contributed by atoms with Crippen LogP contribution in [0.1, 0.15) is 30.9 Å². The number of hydrogen-bond donors (Lipinski definition) is 0.